The highest BCUT2D eigenvalue weighted by Gasteiger charge is 2.32. The third-order valence-corrected chi connectivity index (χ3v) is 3.30. The maximum Gasteiger partial charge on any atom is 0.145 e. The number of aromatic nitrogens is 2. The molecule has 4 nitrogen and oxygen atoms in total. The quantitative estimate of drug-likeness (QED) is 0.844. The normalized spacial score (nSPS) is 24.1. The van der Waals surface area contributed by atoms with Gasteiger partial charge in [0.25, 0.3) is 0 Å². The van der Waals surface area contributed by atoms with E-state index >= 15 is 0 Å². The van der Waals surface area contributed by atoms with Crippen LogP contribution in [0.15, 0.2) is 30.7 Å². The van der Waals surface area contributed by atoms with Gasteiger partial charge in [0, 0.05) is 44.3 Å². The summed E-state index contributed by atoms with van der Waals surface area (Å²) in [6.07, 6.45) is 2.71. The number of alkyl halides is 2. The van der Waals surface area contributed by atoms with E-state index in [0.717, 1.165) is 5.65 Å². The molecule has 0 unspecified atom stereocenters. The molecule has 3 heterocycles. The topological polar surface area (TPSA) is 29.8 Å². The van der Waals surface area contributed by atoms with Crippen molar-refractivity contribution in [1.82, 2.24) is 14.3 Å². The van der Waals surface area contributed by atoms with E-state index in [1.54, 1.807) is 11.1 Å². The smallest absolute Gasteiger partial charge is 0.145 e. The monoisotopic (exact) mass is 267 g/mol. The van der Waals surface area contributed by atoms with Crippen molar-refractivity contribution in [3.63, 3.8) is 0 Å². The van der Waals surface area contributed by atoms with Crippen LogP contribution in [0.4, 0.5) is 8.78 Å². The van der Waals surface area contributed by atoms with Gasteiger partial charge in [0.15, 0.2) is 0 Å². The highest BCUT2D eigenvalue weighted by atomic mass is 19.2. The second kappa shape index (κ2) is 5.13. The molecular weight excluding hydrogens is 252 g/mol. The number of halogens is 2. The Balaban J connectivity index is 1.52. The zero-order valence-electron chi connectivity index (χ0n) is 10.4. The lowest BCUT2D eigenvalue weighted by atomic mass is 10.3. The molecule has 1 aliphatic heterocycles. The van der Waals surface area contributed by atoms with Crippen LogP contribution >= 0.6 is 0 Å². The van der Waals surface area contributed by atoms with E-state index in [-0.39, 0.29) is 13.1 Å². The number of hydrogen-bond donors (Lipinski definition) is 0. The number of ether oxygens (including phenoxy) is 1. The summed E-state index contributed by atoms with van der Waals surface area (Å²) in [5.74, 6) is 0.714. The first-order valence-electron chi connectivity index (χ1n) is 6.28. The number of fused-ring (bicyclic) bond motifs is 1. The first-order valence-corrected chi connectivity index (χ1v) is 6.28. The van der Waals surface area contributed by atoms with Crippen LogP contribution in [0, 0.1) is 0 Å². The zero-order valence-corrected chi connectivity index (χ0v) is 10.4. The number of rotatable bonds is 4. The van der Waals surface area contributed by atoms with Gasteiger partial charge in [0.2, 0.25) is 0 Å². The van der Waals surface area contributed by atoms with Crippen LogP contribution < -0.4 is 4.74 Å². The molecule has 3 rings (SSSR count). The molecule has 0 saturated carbocycles. The largest absolute Gasteiger partial charge is 0.492 e. The molecule has 0 spiro atoms. The number of pyridine rings is 1. The van der Waals surface area contributed by atoms with Gasteiger partial charge in [0.05, 0.1) is 0 Å². The number of hydrogen-bond acceptors (Lipinski definition) is 3. The standard InChI is InChI=1S/C13H15F2N3O/c14-11-8-17(9-12(11)15)5-6-19-10-1-3-18-4-2-16-13(18)7-10/h1-4,7,11-12H,5-6,8-9H2/t11-,12+. The summed E-state index contributed by atoms with van der Waals surface area (Å²) in [6, 6.07) is 3.68. The predicted molar refractivity (Wildman–Crippen MR) is 66.9 cm³/mol. The lowest BCUT2D eigenvalue weighted by molar-refractivity contribution is 0.217. The first-order chi connectivity index (χ1) is 9.22. The Morgan fingerprint density at radius 3 is 2.84 bits per heavy atom. The van der Waals surface area contributed by atoms with Crippen LogP contribution in [0.25, 0.3) is 5.65 Å². The van der Waals surface area contributed by atoms with Gasteiger partial charge in [-0.1, -0.05) is 0 Å². The summed E-state index contributed by atoms with van der Waals surface area (Å²) in [6.45, 7) is 1.25. The Morgan fingerprint density at radius 1 is 1.26 bits per heavy atom. The highest BCUT2D eigenvalue weighted by molar-refractivity contribution is 5.43. The average molecular weight is 267 g/mol. The SMILES string of the molecule is F[C@@H]1CN(CCOc2ccn3ccnc3c2)C[C@@H]1F. The summed E-state index contributed by atoms with van der Waals surface area (Å²) in [7, 11) is 0. The molecule has 0 amide bonds. The van der Waals surface area contributed by atoms with E-state index < -0.39 is 12.3 Å². The fourth-order valence-electron chi connectivity index (χ4n) is 2.25. The van der Waals surface area contributed by atoms with Crippen LogP contribution in [0.5, 0.6) is 5.75 Å². The minimum absolute atomic E-state index is 0.157. The van der Waals surface area contributed by atoms with Gasteiger partial charge in [-0.3, -0.25) is 4.90 Å². The van der Waals surface area contributed by atoms with Gasteiger partial charge >= 0.3 is 0 Å². The fourth-order valence-corrected chi connectivity index (χ4v) is 2.25. The summed E-state index contributed by atoms with van der Waals surface area (Å²) < 4.78 is 33.4. The van der Waals surface area contributed by atoms with Gasteiger partial charge in [-0.15, -0.1) is 0 Å². The van der Waals surface area contributed by atoms with E-state index in [1.165, 1.54) is 0 Å². The third kappa shape index (κ3) is 2.68. The molecule has 1 saturated heterocycles. The van der Waals surface area contributed by atoms with Crippen molar-refractivity contribution in [1.29, 1.82) is 0 Å². The van der Waals surface area contributed by atoms with Crippen molar-refractivity contribution in [3.05, 3.63) is 30.7 Å². The summed E-state index contributed by atoms with van der Waals surface area (Å²) in [5, 5.41) is 0. The Labute approximate surface area is 109 Å². The van der Waals surface area contributed by atoms with Crippen molar-refractivity contribution in [3.8, 4) is 5.75 Å². The average Bonchev–Trinajstić information content (AvgIpc) is 2.96. The van der Waals surface area contributed by atoms with Crippen LogP contribution in [0.3, 0.4) is 0 Å². The minimum atomic E-state index is -1.36. The molecule has 1 aliphatic rings. The number of nitrogens with zero attached hydrogens (tertiary/aromatic N) is 3. The maximum absolute atomic E-state index is 13.0. The molecule has 0 bridgehead atoms. The highest BCUT2D eigenvalue weighted by Crippen LogP contribution is 2.17. The molecular formula is C13H15F2N3O. The molecule has 2 aromatic heterocycles. The van der Waals surface area contributed by atoms with Crippen molar-refractivity contribution in [2.75, 3.05) is 26.2 Å². The Morgan fingerprint density at radius 2 is 2.05 bits per heavy atom. The molecule has 2 aromatic rings. The van der Waals surface area contributed by atoms with Gasteiger partial charge < -0.3 is 9.14 Å². The lowest BCUT2D eigenvalue weighted by Gasteiger charge is -2.14. The van der Waals surface area contributed by atoms with Crippen molar-refractivity contribution < 1.29 is 13.5 Å². The molecule has 2 atom stereocenters. The van der Waals surface area contributed by atoms with Crippen LogP contribution in [-0.4, -0.2) is 52.9 Å². The van der Waals surface area contributed by atoms with Gasteiger partial charge in [-0.2, -0.15) is 0 Å². The fraction of sp³-hybridized carbons (Fsp3) is 0.462. The second-order valence-electron chi connectivity index (χ2n) is 4.70. The zero-order chi connectivity index (χ0) is 13.2. The van der Waals surface area contributed by atoms with Crippen molar-refractivity contribution >= 4 is 5.65 Å². The van der Waals surface area contributed by atoms with Crippen LogP contribution in [0.2, 0.25) is 0 Å². The van der Waals surface area contributed by atoms with Gasteiger partial charge in [0.1, 0.15) is 30.3 Å². The van der Waals surface area contributed by atoms with Crippen LogP contribution in [0.1, 0.15) is 0 Å². The summed E-state index contributed by atoms with van der Waals surface area (Å²) in [4.78, 5) is 5.90. The second-order valence-corrected chi connectivity index (χ2v) is 4.70. The Bertz CT molecular complexity index is 550. The van der Waals surface area contributed by atoms with Crippen molar-refractivity contribution in [2.24, 2.45) is 0 Å². The predicted octanol–water partition coefficient (Wildman–Crippen LogP) is 1.70. The molecule has 19 heavy (non-hydrogen) atoms. The summed E-state index contributed by atoms with van der Waals surface area (Å²) in [5.41, 5.74) is 0.811. The molecule has 0 N–H and O–H groups in total. The summed E-state index contributed by atoms with van der Waals surface area (Å²) >= 11 is 0. The molecule has 0 aliphatic carbocycles. The van der Waals surface area contributed by atoms with Gasteiger partial charge in [-0.25, -0.2) is 13.8 Å². The van der Waals surface area contributed by atoms with Crippen molar-refractivity contribution in [2.45, 2.75) is 12.3 Å². The third-order valence-electron chi connectivity index (χ3n) is 3.30. The number of likely N-dealkylation sites (tertiary alicyclic amines) is 1. The molecule has 1 fully saturated rings. The number of imidazole rings is 1. The van der Waals surface area contributed by atoms with E-state index in [1.807, 2.05) is 28.9 Å². The molecule has 6 heteroatoms. The maximum atomic E-state index is 13.0. The Hall–Kier alpha value is -1.69. The molecule has 0 radical (unpaired) electrons. The van der Waals surface area contributed by atoms with E-state index in [0.29, 0.717) is 18.9 Å². The molecule has 102 valence electrons. The van der Waals surface area contributed by atoms with E-state index in [9.17, 15) is 8.78 Å². The lowest BCUT2D eigenvalue weighted by Crippen LogP contribution is -2.26. The van der Waals surface area contributed by atoms with Crippen LogP contribution in [-0.2, 0) is 0 Å². The first kappa shape index (κ1) is 12.3. The van der Waals surface area contributed by atoms with E-state index in [2.05, 4.69) is 4.98 Å². The minimum Gasteiger partial charge on any atom is -0.492 e. The van der Waals surface area contributed by atoms with E-state index in [4.69, 9.17) is 4.74 Å². The Kier molecular flexibility index (Phi) is 3.33. The van der Waals surface area contributed by atoms with Gasteiger partial charge in [-0.05, 0) is 6.07 Å². The molecule has 0 aromatic carbocycles.